The van der Waals surface area contributed by atoms with E-state index in [0.717, 1.165) is 29.5 Å². The second kappa shape index (κ2) is 7.13. The number of allylic oxidation sites excluding steroid dienone is 3. The number of nitrogens with two attached hydrogens (primary N) is 1. The highest BCUT2D eigenvalue weighted by Gasteiger charge is 2.16. The molecule has 0 spiro atoms. The quantitative estimate of drug-likeness (QED) is 0.472. The van der Waals surface area contributed by atoms with Crippen LogP contribution in [0.4, 0.5) is 11.5 Å². The zero-order valence-corrected chi connectivity index (χ0v) is 15.4. The molecule has 0 amide bonds. The number of fused-ring (bicyclic) bond motifs is 1. The topological polar surface area (TPSA) is 84.8 Å². The van der Waals surface area contributed by atoms with Crippen LogP contribution in [-0.4, -0.2) is 59.8 Å². The summed E-state index contributed by atoms with van der Waals surface area (Å²) in [6.45, 7) is 1.84. The van der Waals surface area contributed by atoms with Crippen LogP contribution in [0.3, 0.4) is 0 Å². The molecule has 1 aliphatic carbocycles. The van der Waals surface area contributed by atoms with Crippen LogP contribution in [0.1, 0.15) is 6.42 Å². The van der Waals surface area contributed by atoms with E-state index in [-0.39, 0.29) is 5.78 Å². The molecule has 136 valence electrons. The molecule has 3 rings (SSSR count). The third kappa shape index (κ3) is 4.18. The van der Waals surface area contributed by atoms with Crippen LogP contribution >= 0.6 is 0 Å². The predicted molar refractivity (Wildman–Crippen MR) is 105 cm³/mol. The summed E-state index contributed by atoms with van der Waals surface area (Å²) in [7, 11) is 6.51. The fourth-order valence-electron chi connectivity index (χ4n) is 2.72. The minimum Gasteiger partial charge on any atom is -0.399 e. The Morgan fingerprint density at radius 3 is 2.81 bits per heavy atom. The molecule has 0 bridgehead atoms. The molecule has 7 heteroatoms. The van der Waals surface area contributed by atoms with Gasteiger partial charge in [-0.15, -0.1) is 5.10 Å². The van der Waals surface area contributed by atoms with E-state index in [4.69, 9.17) is 5.73 Å². The number of carbonyl (C=O) groups excluding carboxylic acids is 1. The Morgan fingerprint density at radius 1 is 1.27 bits per heavy atom. The largest absolute Gasteiger partial charge is 0.399 e. The van der Waals surface area contributed by atoms with Gasteiger partial charge in [0.05, 0.1) is 33.2 Å². The molecule has 0 radical (unpaired) electrons. The van der Waals surface area contributed by atoms with Crippen molar-refractivity contribution in [2.45, 2.75) is 6.42 Å². The van der Waals surface area contributed by atoms with Crippen molar-refractivity contribution in [3.8, 4) is 0 Å². The van der Waals surface area contributed by atoms with Gasteiger partial charge in [0.25, 0.3) is 0 Å². The van der Waals surface area contributed by atoms with Crippen molar-refractivity contribution in [1.29, 1.82) is 0 Å². The minimum absolute atomic E-state index is 0.198. The molecule has 0 fully saturated rings. The van der Waals surface area contributed by atoms with Gasteiger partial charge in [0, 0.05) is 30.9 Å². The maximum absolute atomic E-state index is 12.2. The van der Waals surface area contributed by atoms with Crippen LogP contribution in [0.25, 0.3) is 5.52 Å². The molecule has 2 heterocycles. The summed E-state index contributed by atoms with van der Waals surface area (Å²) in [4.78, 5) is 16.7. The predicted octanol–water partition coefficient (Wildman–Crippen LogP) is 1.90. The van der Waals surface area contributed by atoms with Crippen molar-refractivity contribution in [3.63, 3.8) is 0 Å². The molecule has 0 saturated carbocycles. The summed E-state index contributed by atoms with van der Waals surface area (Å²) in [5.74, 6) is 0.477. The molecule has 0 unspecified atom stereocenters. The molecular weight excluding hydrogens is 328 g/mol. The van der Waals surface area contributed by atoms with Crippen LogP contribution in [-0.2, 0) is 4.79 Å². The van der Waals surface area contributed by atoms with Gasteiger partial charge in [-0.2, -0.15) is 0 Å². The van der Waals surface area contributed by atoms with Crippen molar-refractivity contribution in [3.05, 3.63) is 48.3 Å². The Morgan fingerprint density at radius 2 is 2.08 bits per heavy atom. The van der Waals surface area contributed by atoms with Crippen LogP contribution in [0.5, 0.6) is 0 Å². The molecule has 0 aliphatic heterocycles. The van der Waals surface area contributed by atoms with E-state index in [1.807, 2.05) is 24.4 Å². The van der Waals surface area contributed by atoms with Gasteiger partial charge in [-0.3, -0.25) is 4.79 Å². The highest BCUT2D eigenvalue weighted by Crippen LogP contribution is 2.30. The third-order valence-corrected chi connectivity index (χ3v) is 4.03. The fourth-order valence-corrected chi connectivity index (χ4v) is 2.72. The summed E-state index contributed by atoms with van der Waals surface area (Å²) >= 11 is 0. The number of hydrogen-bond donors (Lipinski definition) is 2. The van der Waals surface area contributed by atoms with Gasteiger partial charge in [-0.25, -0.2) is 9.51 Å². The summed E-state index contributed by atoms with van der Waals surface area (Å²) < 4.78 is 2.68. The Labute approximate surface area is 153 Å². The number of anilines is 1. The first-order chi connectivity index (χ1) is 12.3. The first-order valence-electron chi connectivity index (χ1n) is 8.63. The zero-order valence-electron chi connectivity index (χ0n) is 15.4. The van der Waals surface area contributed by atoms with Gasteiger partial charge in [0.2, 0.25) is 5.78 Å². The van der Waals surface area contributed by atoms with Crippen LogP contribution in [0, 0.1) is 0 Å². The van der Waals surface area contributed by atoms with E-state index >= 15 is 0 Å². The normalized spacial score (nSPS) is 16.3. The lowest BCUT2D eigenvalue weighted by atomic mass is 10.1. The number of nitrogens with zero attached hydrogens (tertiary/aromatic N) is 4. The maximum Gasteiger partial charge on any atom is 0.206 e. The molecule has 0 atom stereocenters. The first kappa shape index (κ1) is 17.9. The lowest BCUT2D eigenvalue weighted by Gasteiger charge is -2.23. The standard InChI is InChI=1S/C19H24N6O/c1-25(2,3)12-6-10-21-19-18(16-7-4-5-11-24(16)23-19)22-15-9-8-14(20)13-17(15)26/h4-5,7-9,11,13H,6,10,12H2,1-3H3,(H2-,20,21,23,26)/p+1. The number of aromatic nitrogens is 2. The monoisotopic (exact) mass is 353 g/mol. The summed E-state index contributed by atoms with van der Waals surface area (Å²) in [5.41, 5.74) is 7.97. The molecular formula is C19H25N6O+. The second-order valence-corrected chi connectivity index (χ2v) is 7.36. The molecule has 2 aromatic rings. The van der Waals surface area contributed by atoms with Gasteiger partial charge in [-0.05, 0) is 24.3 Å². The van der Waals surface area contributed by atoms with Gasteiger partial charge in [-0.1, -0.05) is 6.07 Å². The van der Waals surface area contributed by atoms with Crippen molar-refractivity contribution in [2.75, 3.05) is 39.5 Å². The second-order valence-electron chi connectivity index (χ2n) is 7.36. The number of aliphatic imine (C=N–C) groups is 1. The van der Waals surface area contributed by atoms with Crippen molar-refractivity contribution >= 4 is 28.5 Å². The maximum atomic E-state index is 12.2. The van der Waals surface area contributed by atoms with E-state index in [1.165, 1.54) is 6.08 Å². The average Bonchev–Trinajstić information content (AvgIpc) is 2.91. The number of quaternary nitrogens is 1. The smallest absolute Gasteiger partial charge is 0.206 e. The lowest BCUT2D eigenvalue weighted by Crippen LogP contribution is -2.36. The highest BCUT2D eigenvalue weighted by molar-refractivity contribution is 6.49. The number of rotatable bonds is 6. The Kier molecular flexibility index (Phi) is 4.90. The first-order valence-corrected chi connectivity index (χ1v) is 8.63. The van der Waals surface area contributed by atoms with E-state index in [2.05, 4.69) is 36.6 Å². The van der Waals surface area contributed by atoms with Crippen molar-refractivity contribution in [2.24, 2.45) is 10.7 Å². The molecule has 0 saturated heterocycles. The van der Waals surface area contributed by atoms with Crippen molar-refractivity contribution < 1.29 is 9.28 Å². The van der Waals surface area contributed by atoms with E-state index in [9.17, 15) is 4.79 Å². The van der Waals surface area contributed by atoms with E-state index in [1.54, 1.807) is 16.7 Å². The van der Waals surface area contributed by atoms with Gasteiger partial charge in [0.15, 0.2) is 5.82 Å². The third-order valence-electron chi connectivity index (χ3n) is 4.03. The Bertz CT molecular complexity index is 914. The number of pyridine rings is 1. The Hall–Kier alpha value is -2.93. The SMILES string of the molecule is C[N+](C)(C)CCCNc1nn2ccccc2c1N=C1C=CC(N)=CC1=O. The molecule has 3 N–H and O–H groups in total. The zero-order chi connectivity index (χ0) is 18.7. The molecule has 1 aliphatic rings. The van der Waals surface area contributed by atoms with Gasteiger partial charge in [0.1, 0.15) is 11.4 Å². The molecule has 7 nitrogen and oxygen atoms in total. The number of nitrogens with one attached hydrogen (secondary N) is 1. The van der Waals surface area contributed by atoms with Gasteiger partial charge < -0.3 is 15.5 Å². The Balaban J connectivity index is 1.88. The number of carbonyl (C=O) groups is 1. The minimum atomic E-state index is -0.198. The van der Waals surface area contributed by atoms with Gasteiger partial charge >= 0.3 is 0 Å². The summed E-state index contributed by atoms with van der Waals surface area (Å²) in [6, 6.07) is 5.77. The van der Waals surface area contributed by atoms with Crippen molar-refractivity contribution in [1.82, 2.24) is 9.61 Å². The molecule has 26 heavy (non-hydrogen) atoms. The van der Waals surface area contributed by atoms with Crippen LogP contribution < -0.4 is 11.1 Å². The summed E-state index contributed by atoms with van der Waals surface area (Å²) in [6.07, 6.45) is 7.59. The average molecular weight is 353 g/mol. The number of ketones is 1. The lowest BCUT2D eigenvalue weighted by molar-refractivity contribution is -0.870. The molecule has 0 aromatic carbocycles. The summed E-state index contributed by atoms with van der Waals surface area (Å²) in [5, 5.41) is 7.93. The van der Waals surface area contributed by atoms with Crippen LogP contribution in [0.15, 0.2) is 53.3 Å². The number of hydrogen-bond acceptors (Lipinski definition) is 5. The fraction of sp³-hybridized carbons (Fsp3) is 0.316. The van der Waals surface area contributed by atoms with Crippen LogP contribution in [0.2, 0.25) is 0 Å². The molecule has 2 aromatic heterocycles. The van der Waals surface area contributed by atoms with E-state index < -0.39 is 0 Å². The highest BCUT2D eigenvalue weighted by atomic mass is 16.1. The van der Waals surface area contributed by atoms with E-state index in [0.29, 0.717) is 22.9 Å².